The van der Waals surface area contributed by atoms with Gasteiger partial charge in [0.15, 0.2) is 0 Å². The van der Waals surface area contributed by atoms with Crippen molar-refractivity contribution in [1.29, 1.82) is 0 Å². The normalized spacial score (nSPS) is 28.8. The number of carbonyl (C=O) groups is 1. The topological polar surface area (TPSA) is 99.3 Å². The number of piperidine rings is 2. The molecule has 1 aliphatic carbocycles. The Hall–Kier alpha value is -1.74. The summed E-state index contributed by atoms with van der Waals surface area (Å²) in [5, 5.41) is 22.5. The number of rotatable bonds is 9. The lowest BCUT2D eigenvalue weighted by atomic mass is 9.73. The minimum atomic E-state index is -1.26. The number of hydrogen-bond acceptors (Lipinski definition) is 6. The van der Waals surface area contributed by atoms with Crippen molar-refractivity contribution in [2.75, 3.05) is 44.8 Å². The Labute approximate surface area is 214 Å². The van der Waals surface area contributed by atoms with Crippen LogP contribution in [0.1, 0.15) is 69.8 Å². The van der Waals surface area contributed by atoms with Crippen LogP contribution < -0.4 is 10.6 Å². The minimum Gasteiger partial charge on any atom is -0.391 e. The number of anilines is 1. The number of nitrogens with two attached hydrogens (primary N) is 1. The average molecular weight is 506 g/mol. The molecule has 2 saturated heterocycles. The Morgan fingerprint density at radius 3 is 2.64 bits per heavy atom. The van der Waals surface area contributed by atoms with Gasteiger partial charge >= 0.3 is 0 Å². The molecule has 2 aliphatic heterocycles. The zero-order chi connectivity index (χ0) is 25.7. The van der Waals surface area contributed by atoms with Crippen LogP contribution in [0, 0.1) is 17.7 Å². The van der Waals surface area contributed by atoms with Gasteiger partial charge in [0.25, 0.3) is 0 Å². The second-order valence-corrected chi connectivity index (χ2v) is 11.1. The summed E-state index contributed by atoms with van der Waals surface area (Å²) in [6.07, 6.45) is 7.01. The van der Waals surface area contributed by atoms with E-state index in [0.29, 0.717) is 50.2 Å². The molecule has 202 valence electrons. The van der Waals surface area contributed by atoms with Gasteiger partial charge in [-0.25, -0.2) is 4.39 Å². The van der Waals surface area contributed by atoms with E-state index < -0.39 is 11.7 Å². The number of halogens is 1. The van der Waals surface area contributed by atoms with Gasteiger partial charge in [0.1, 0.15) is 5.82 Å². The van der Waals surface area contributed by atoms with Crippen LogP contribution in [0.5, 0.6) is 0 Å². The number of nitrogens with zero attached hydrogens (tertiary/aromatic N) is 2. The summed E-state index contributed by atoms with van der Waals surface area (Å²) >= 11 is 0. The van der Waals surface area contributed by atoms with Gasteiger partial charge in [-0.15, -0.1) is 0 Å². The number of para-hydroxylation sites is 1. The maximum atomic E-state index is 15.4. The van der Waals surface area contributed by atoms with E-state index in [1.54, 1.807) is 13.2 Å². The molecule has 3 aliphatic rings. The van der Waals surface area contributed by atoms with Gasteiger partial charge in [-0.05, 0) is 70.3 Å². The van der Waals surface area contributed by atoms with Crippen molar-refractivity contribution in [1.82, 2.24) is 4.90 Å². The van der Waals surface area contributed by atoms with Crippen LogP contribution in [0.15, 0.2) is 18.2 Å². The van der Waals surface area contributed by atoms with Crippen LogP contribution in [0.4, 0.5) is 10.1 Å². The summed E-state index contributed by atoms with van der Waals surface area (Å²) in [5.41, 5.74) is 5.90. The molecular weight excluding hydrogens is 461 g/mol. The fourth-order valence-electron chi connectivity index (χ4n) is 6.58. The first-order valence-corrected chi connectivity index (χ1v) is 13.8. The highest BCUT2D eigenvalue weighted by Gasteiger charge is 2.45. The molecule has 1 amide bonds. The van der Waals surface area contributed by atoms with Crippen LogP contribution in [0.2, 0.25) is 0 Å². The zero-order valence-electron chi connectivity index (χ0n) is 21.7. The van der Waals surface area contributed by atoms with Gasteiger partial charge < -0.3 is 30.5 Å². The van der Waals surface area contributed by atoms with Crippen LogP contribution in [-0.2, 0) is 15.1 Å². The van der Waals surface area contributed by atoms with Gasteiger partial charge in [-0.1, -0.05) is 12.1 Å². The molecule has 5 atom stereocenters. The SMILES string of the molecule is COCCCCC(O)(c1cccc(F)c1N1CCCCC1)C1CCCN(C(=O)C2CC(N)C(O)C2)C1. The Morgan fingerprint density at radius 2 is 1.94 bits per heavy atom. The Morgan fingerprint density at radius 1 is 1.17 bits per heavy atom. The number of carbonyl (C=O) groups excluding carboxylic acids is 1. The minimum absolute atomic E-state index is 0.0175. The molecule has 0 radical (unpaired) electrons. The third-order valence-corrected chi connectivity index (χ3v) is 8.62. The molecule has 5 unspecified atom stereocenters. The molecule has 7 nitrogen and oxygen atoms in total. The van der Waals surface area contributed by atoms with Crippen molar-refractivity contribution in [2.24, 2.45) is 17.6 Å². The Balaban J connectivity index is 1.62. The smallest absolute Gasteiger partial charge is 0.225 e. The summed E-state index contributed by atoms with van der Waals surface area (Å²) in [5.74, 6) is -0.754. The molecule has 1 aromatic rings. The molecule has 4 rings (SSSR count). The summed E-state index contributed by atoms with van der Waals surface area (Å²) in [6, 6.07) is 4.71. The summed E-state index contributed by atoms with van der Waals surface area (Å²) in [4.78, 5) is 17.3. The first-order chi connectivity index (χ1) is 17.3. The zero-order valence-corrected chi connectivity index (χ0v) is 21.7. The number of benzene rings is 1. The number of methoxy groups -OCH3 is 1. The van der Waals surface area contributed by atoms with E-state index >= 15 is 4.39 Å². The van der Waals surface area contributed by atoms with Crippen molar-refractivity contribution in [3.05, 3.63) is 29.6 Å². The van der Waals surface area contributed by atoms with Crippen LogP contribution in [0.25, 0.3) is 0 Å². The quantitative estimate of drug-likeness (QED) is 0.446. The van der Waals surface area contributed by atoms with Gasteiger partial charge in [-0.3, -0.25) is 4.79 Å². The number of amides is 1. The lowest BCUT2D eigenvalue weighted by Gasteiger charge is -2.45. The van der Waals surface area contributed by atoms with Gasteiger partial charge in [0.05, 0.1) is 17.4 Å². The van der Waals surface area contributed by atoms with Crippen LogP contribution in [0.3, 0.4) is 0 Å². The van der Waals surface area contributed by atoms with E-state index in [9.17, 15) is 15.0 Å². The fraction of sp³-hybridized carbons (Fsp3) is 0.750. The predicted octanol–water partition coefficient (Wildman–Crippen LogP) is 3.16. The number of aliphatic hydroxyl groups is 2. The van der Waals surface area contributed by atoms with Crippen LogP contribution in [-0.4, -0.2) is 73.1 Å². The van der Waals surface area contributed by atoms with Crippen molar-refractivity contribution >= 4 is 11.6 Å². The molecule has 4 N–H and O–H groups in total. The van der Waals surface area contributed by atoms with Crippen molar-refractivity contribution in [3.8, 4) is 0 Å². The molecule has 1 saturated carbocycles. The molecule has 0 aromatic heterocycles. The highest BCUT2D eigenvalue weighted by Crippen LogP contribution is 2.45. The number of ether oxygens (including phenoxy) is 1. The number of likely N-dealkylation sites (tertiary alicyclic amines) is 1. The lowest BCUT2D eigenvalue weighted by molar-refractivity contribution is -0.141. The third kappa shape index (κ3) is 5.87. The standard InChI is InChI=1S/C28H44FN3O4/c1-36-16-6-3-12-28(35,22-10-7-11-23(29)26(22)31-13-4-2-5-14-31)21-9-8-15-32(19-21)27(34)20-17-24(30)25(33)18-20/h7,10-11,20-21,24-25,33,35H,2-6,8-9,12-19,30H2,1H3. The van der Waals surface area contributed by atoms with E-state index in [1.807, 2.05) is 11.0 Å². The average Bonchev–Trinajstić information content (AvgIpc) is 3.24. The van der Waals surface area contributed by atoms with Crippen molar-refractivity contribution < 1.29 is 24.1 Å². The molecule has 36 heavy (non-hydrogen) atoms. The van der Waals surface area contributed by atoms with E-state index in [2.05, 4.69) is 4.90 Å². The summed E-state index contributed by atoms with van der Waals surface area (Å²) in [6.45, 7) is 3.24. The lowest BCUT2D eigenvalue weighted by Crippen LogP contribution is -2.50. The first-order valence-electron chi connectivity index (χ1n) is 13.8. The van der Waals surface area contributed by atoms with Crippen molar-refractivity contribution in [2.45, 2.75) is 82.0 Å². The largest absolute Gasteiger partial charge is 0.391 e. The van der Waals surface area contributed by atoms with Crippen LogP contribution >= 0.6 is 0 Å². The summed E-state index contributed by atoms with van der Waals surface area (Å²) < 4.78 is 20.6. The highest BCUT2D eigenvalue weighted by atomic mass is 19.1. The van der Waals surface area contributed by atoms with Gasteiger partial charge in [0, 0.05) is 63.3 Å². The molecule has 0 spiro atoms. The highest BCUT2D eigenvalue weighted by molar-refractivity contribution is 5.79. The monoisotopic (exact) mass is 505 g/mol. The maximum Gasteiger partial charge on any atom is 0.225 e. The first kappa shape index (κ1) is 27.3. The predicted molar refractivity (Wildman–Crippen MR) is 138 cm³/mol. The van der Waals surface area contributed by atoms with E-state index in [-0.39, 0.29) is 29.6 Å². The molecule has 2 heterocycles. The third-order valence-electron chi connectivity index (χ3n) is 8.62. The van der Waals surface area contributed by atoms with Gasteiger partial charge in [-0.2, -0.15) is 0 Å². The second-order valence-electron chi connectivity index (χ2n) is 11.1. The van der Waals surface area contributed by atoms with E-state index in [1.165, 1.54) is 6.07 Å². The Bertz CT molecular complexity index is 870. The number of hydrogen-bond donors (Lipinski definition) is 3. The number of unbranched alkanes of at least 4 members (excludes halogenated alkanes) is 1. The molecular formula is C28H44FN3O4. The molecule has 3 fully saturated rings. The Kier molecular flexibility index (Phi) is 9.25. The maximum absolute atomic E-state index is 15.4. The van der Waals surface area contributed by atoms with Gasteiger partial charge in [0.2, 0.25) is 5.91 Å². The molecule has 0 bridgehead atoms. The summed E-state index contributed by atoms with van der Waals surface area (Å²) in [7, 11) is 1.67. The fourth-order valence-corrected chi connectivity index (χ4v) is 6.58. The molecule has 1 aromatic carbocycles. The second kappa shape index (κ2) is 12.2. The number of aliphatic hydroxyl groups excluding tert-OH is 1. The van der Waals surface area contributed by atoms with Crippen molar-refractivity contribution in [3.63, 3.8) is 0 Å². The van der Waals surface area contributed by atoms with E-state index in [4.69, 9.17) is 10.5 Å². The van der Waals surface area contributed by atoms with E-state index in [0.717, 1.165) is 58.0 Å². The molecule has 8 heteroatoms.